The first-order valence-corrected chi connectivity index (χ1v) is 8.11. The van der Waals surface area contributed by atoms with E-state index < -0.39 is 0 Å². The molecule has 21 heavy (non-hydrogen) atoms. The molecule has 0 bridgehead atoms. The molecule has 0 atom stereocenters. The molecule has 1 amide bonds. The number of amides is 1. The number of aromatic nitrogens is 1. The molecule has 112 valence electrons. The lowest BCUT2D eigenvalue weighted by atomic mass is 10.2. The van der Waals surface area contributed by atoms with Crippen molar-refractivity contribution in [2.75, 3.05) is 11.9 Å². The molecule has 7 heteroatoms. The molecule has 1 heterocycles. The quantitative estimate of drug-likeness (QED) is 0.842. The zero-order valence-corrected chi connectivity index (χ0v) is 13.6. The smallest absolute Gasteiger partial charge is 0.230 e. The molecule has 0 aliphatic carbocycles. The van der Waals surface area contributed by atoms with E-state index in [2.05, 4.69) is 10.3 Å². The van der Waals surface area contributed by atoms with E-state index in [1.807, 2.05) is 5.38 Å². The highest BCUT2D eigenvalue weighted by Gasteiger charge is 2.11. The van der Waals surface area contributed by atoms with Gasteiger partial charge in [0.2, 0.25) is 5.91 Å². The van der Waals surface area contributed by atoms with Crippen molar-refractivity contribution in [1.82, 2.24) is 4.98 Å². The number of hydrogen-bond donors (Lipinski definition) is 2. The fraction of sp³-hybridized carbons (Fsp3) is 0.286. The molecular weight excluding hydrogens is 329 g/mol. The molecule has 0 spiro atoms. The van der Waals surface area contributed by atoms with E-state index in [1.165, 1.54) is 0 Å². The van der Waals surface area contributed by atoms with Crippen LogP contribution < -0.4 is 11.1 Å². The van der Waals surface area contributed by atoms with Gasteiger partial charge in [-0.05, 0) is 25.1 Å². The summed E-state index contributed by atoms with van der Waals surface area (Å²) in [7, 11) is 0. The van der Waals surface area contributed by atoms with Gasteiger partial charge in [-0.1, -0.05) is 29.3 Å². The molecule has 0 aliphatic rings. The average molecular weight is 344 g/mol. The van der Waals surface area contributed by atoms with Gasteiger partial charge < -0.3 is 11.1 Å². The maximum atomic E-state index is 12.0. The molecule has 0 fully saturated rings. The molecule has 0 saturated heterocycles. The predicted octanol–water partition coefficient (Wildman–Crippen LogP) is 3.52. The summed E-state index contributed by atoms with van der Waals surface area (Å²) in [6.45, 7) is 0.642. The van der Waals surface area contributed by atoms with Gasteiger partial charge in [-0.25, -0.2) is 4.98 Å². The van der Waals surface area contributed by atoms with E-state index in [-0.39, 0.29) is 12.3 Å². The second-order valence-corrected chi connectivity index (χ2v) is 6.18. The Morgan fingerprint density at radius 2 is 2.19 bits per heavy atom. The van der Waals surface area contributed by atoms with Crippen molar-refractivity contribution in [3.63, 3.8) is 0 Å². The fourth-order valence-corrected chi connectivity index (χ4v) is 2.95. The summed E-state index contributed by atoms with van der Waals surface area (Å²) in [6.07, 6.45) is 1.96. The Labute approximate surface area is 137 Å². The highest BCUT2D eigenvalue weighted by molar-refractivity contribution is 7.09. The van der Waals surface area contributed by atoms with Crippen LogP contribution in [0.1, 0.15) is 17.1 Å². The Balaban J connectivity index is 1.95. The number of hydrogen-bond acceptors (Lipinski definition) is 4. The van der Waals surface area contributed by atoms with Gasteiger partial charge in [0.25, 0.3) is 0 Å². The Hall–Kier alpha value is -1.14. The van der Waals surface area contributed by atoms with Crippen molar-refractivity contribution in [1.29, 1.82) is 0 Å². The molecule has 2 rings (SSSR count). The number of halogens is 2. The number of nitrogens with zero attached hydrogens (tertiary/aromatic N) is 1. The van der Waals surface area contributed by atoms with Crippen LogP contribution in [0.5, 0.6) is 0 Å². The van der Waals surface area contributed by atoms with E-state index in [1.54, 1.807) is 29.5 Å². The summed E-state index contributed by atoms with van der Waals surface area (Å²) in [5, 5.41) is 6.39. The van der Waals surface area contributed by atoms with Gasteiger partial charge in [-0.2, -0.15) is 0 Å². The molecule has 4 nitrogen and oxygen atoms in total. The average Bonchev–Trinajstić information content (AvgIpc) is 2.89. The van der Waals surface area contributed by atoms with Crippen LogP contribution in [0, 0.1) is 0 Å². The van der Waals surface area contributed by atoms with Gasteiger partial charge >= 0.3 is 0 Å². The van der Waals surface area contributed by atoms with Crippen molar-refractivity contribution >= 4 is 46.1 Å². The fourth-order valence-electron chi connectivity index (χ4n) is 1.76. The maximum Gasteiger partial charge on any atom is 0.230 e. The monoisotopic (exact) mass is 343 g/mol. The highest BCUT2D eigenvalue weighted by Crippen LogP contribution is 2.29. The third-order valence-electron chi connectivity index (χ3n) is 2.76. The minimum Gasteiger partial charge on any atom is -0.330 e. The molecule has 3 N–H and O–H groups in total. The second-order valence-electron chi connectivity index (χ2n) is 4.45. The van der Waals surface area contributed by atoms with Crippen LogP contribution in [0.25, 0.3) is 0 Å². The minimum absolute atomic E-state index is 0.171. The number of anilines is 1. The normalized spacial score (nSPS) is 10.6. The number of rotatable bonds is 6. The van der Waals surface area contributed by atoms with Crippen LogP contribution in [0.15, 0.2) is 23.6 Å². The standard InChI is InChI=1S/C14H15Cl2N3OS/c15-10-3-1-4-11(14(10)16)19-12(20)7-9-8-21-13(18-9)5-2-6-17/h1,3-4,8H,2,5-7,17H2,(H,19,20). The van der Waals surface area contributed by atoms with Gasteiger partial charge in [0.05, 0.1) is 32.9 Å². The Morgan fingerprint density at radius 1 is 1.38 bits per heavy atom. The molecule has 0 unspecified atom stereocenters. The largest absolute Gasteiger partial charge is 0.330 e. The zero-order valence-electron chi connectivity index (χ0n) is 11.2. The number of benzene rings is 1. The molecule has 0 saturated carbocycles. The number of nitrogens with two attached hydrogens (primary N) is 1. The highest BCUT2D eigenvalue weighted by atomic mass is 35.5. The van der Waals surface area contributed by atoms with E-state index in [0.717, 1.165) is 23.5 Å². The minimum atomic E-state index is -0.171. The van der Waals surface area contributed by atoms with Gasteiger partial charge in [-0.3, -0.25) is 4.79 Å². The first-order valence-electron chi connectivity index (χ1n) is 6.47. The van der Waals surface area contributed by atoms with Crippen LogP contribution in [0.4, 0.5) is 5.69 Å². The first-order chi connectivity index (χ1) is 10.1. The van der Waals surface area contributed by atoms with Gasteiger partial charge in [0.15, 0.2) is 0 Å². The number of carbonyl (C=O) groups is 1. The third kappa shape index (κ3) is 4.68. The predicted molar refractivity (Wildman–Crippen MR) is 88.3 cm³/mol. The first kappa shape index (κ1) is 16.2. The summed E-state index contributed by atoms with van der Waals surface area (Å²) in [4.78, 5) is 16.4. The van der Waals surface area contributed by atoms with Crippen molar-refractivity contribution in [2.24, 2.45) is 5.73 Å². The summed E-state index contributed by atoms with van der Waals surface area (Å²) < 4.78 is 0. The molecule has 2 aromatic rings. The van der Waals surface area contributed by atoms with E-state index in [9.17, 15) is 4.79 Å². The van der Waals surface area contributed by atoms with Crippen LogP contribution in [0.3, 0.4) is 0 Å². The lowest BCUT2D eigenvalue weighted by Gasteiger charge is -2.07. The Morgan fingerprint density at radius 3 is 2.95 bits per heavy atom. The lowest BCUT2D eigenvalue weighted by Crippen LogP contribution is -2.15. The van der Waals surface area contributed by atoms with E-state index >= 15 is 0 Å². The maximum absolute atomic E-state index is 12.0. The third-order valence-corrected chi connectivity index (χ3v) is 4.54. The molecule has 0 aliphatic heterocycles. The van der Waals surface area contributed by atoms with Crippen molar-refractivity contribution < 1.29 is 4.79 Å². The second kappa shape index (κ2) is 7.75. The van der Waals surface area contributed by atoms with Crippen LogP contribution in [-0.2, 0) is 17.6 Å². The Kier molecular flexibility index (Phi) is 5.99. The van der Waals surface area contributed by atoms with Crippen molar-refractivity contribution in [3.8, 4) is 0 Å². The van der Waals surface area contributed by atoms with Crippen LogP contribution >= 0.6 is 34.5 Å². The van der Waals surface area contributed by atoms with Crippen molar-refractivity contribution in [3.05, 3.63) is 44.3 Å². The summed E-state index contributed by atoms with van der Waals surface area (Å²) >= 11 is 13.5. The van der Waals surface area contributed by atoms with E-state index in [0.29, 0.717) is 22.3 Å². The van der Waals surface area contributed by atoms with Gasteiger partial charge in [0, 0.05) is 11.8 Å². The van der Waals surface area contributed by atoms with Crippen LogP contribution in [-0.4, -0.2) is 17.4 Å². The summed E-state index contributed by atoms with van der Waals surface area (Å²) in [6, 6.07) is 5.11. The van der Waals surface area contributed by atoms with Gasteiger partial charge in [-0.15, -0.1) is 11.3 Å². The topological polar surface area (TPSA) is 68.0 Å². The summed E-state index contributed by atoms with van der Waals surface area (Å²) in [5.41, 5.74) is 6.73. The number of carbonyl (C=O) groups excluding carboxylic acids is 1. The molecule has 1 aromatic heterocycles. The van der Waals surface area contributed by atoms with Crippen LogP contribution in [0.2, 0.25) is 10.0 Å². The number of thiazole rings is 1. The summed E-state index contributed by atoms with van der Waals surface area (Å²) in [5.74, 6) is -0.171. The Bertz CT molecular complexity index is 630. The molecular formula is C14H15Cl2N3OS. The van der Waals surface area contributed by atoms with Crippen molar-refractivity contribution in [2.45, 2.75) is 19.3 Å². The molecule has 0 radical (unpaired) electrons. The SMILES string of the molecule is NCCCc1nc(CC(=O)Nc2cccc(Cl)c2Cl)cs1. The molecule has 1 aromatic carbocycles. The van der Waals surface area contributed by atoms with E-state index in [4.69, 9.17) is 28.9 Å². The number of nitrogens with one attached hydrogen (secondary N) is 1. The zero-order chi connectivity index (χ0) is 15.2. The number of aryl methyl sites for hydroxylation is 1. The lowest BCUT2D eigenvalue weighted by molar-refractivity contribution is -0.115. The van der Waals surface area contributed by atoms with Gasteiger partial charge in [0.1, 0.15) is 0 Å².